The van der Waals surface area contributed by atoms with Crippen molar-refractivity contribution in [3.63, 3.8) is 0 Å². The summed E-state index contributed by atoms with van der Waals surface area (Å²) in [6, 6.07) is 4.65. The maximum Gasteiger partial charge on any atom is 0.151 e. The molecule has 1 aliphatic rings. The Morgan fingerprint density at radius 3 is 2.89 bits per heavy atom. The molecule has 0 radical (unpaired) electrons. The maximum atomic E-state index is 11.7. The van der Waals surface area contributed by atoms with Crippen molar-refractivity contribution in [2.75, 3.05) is 6.26 Å². The lowest BCUT2D eigenvalue weighted by Crippen LogP contribution is -2.44. The summed E-state index contributed by atoms with van der Waals surface area (Å²) < 4.78 is 23.4. The monoisotopic (exact) mass is 287 g/mol. The summed E-state index contributed by atoms with van der Waals surface area (Å²) >= 11 is 1.76. The van der Waals surface area contributed by atoms with Crippen LogP contribution in [0.15, 0.2) is 17.5 Å². The summed E-state index contributed by atoms with van der Waals surface area (Å²) in [6.45, 7) is 2.14. The van der Waals surface area contributed by atoms with Crippen LogP contribution in [0, 0.1) is 0 Å². The molecule has 2 rings (SSSR count). The smallest absolute Gasteiger partial charge is 0.151 e. The van der Waals surface area contributed by atoms with E-state index in [1.54, 1.807) is 11.3 Å². The molecule has 0 aliphatic heterocycles. The highest BCUT2D eigenvalue weighted by Gasteiger charge is 2.35. The molecule has 1 saturated carbocycles. The van der Waals surface area contributed by atoms with Crippen molar-refractivity contribution < 1.29 is 8.42 Å². The second-order valence-electron chi connectivity index (χ2n) is 5.26. The largest absolute Gasteiger partial charge is 0.310 e. The Morgan fingerprint density at radius 2 is 2.28 bits per heavy atom. The van der Waals surface area contributed by atoms with Crippen molar-refractivity contribution in [2.45, 2.75) is 49.9 Å². The number of nitrogens with one attached hydrogen (secondary N) is 1. The molecule has 18 heavy (non-hydrogen) atoms. The van der Waals surface area contributed by atoms with Gasteiger partial charge in [-0.25, -0.2) is 8.42 Å². The fourth-order valence-corrected chi connectivity index (χ4v) is 5.03. The van der Waals surface area contributed by atoms with Crippen molar-refractivity contribution in [3.05, 3.63) is 22.4 Å². The first-order valence-corrected chi connectivity index (χ1v) is 9.27. The fraction of sp³-hybridized carbons (Fsp3) is 0.692. The molecule has 1 fully saturated rings. The first-order chi connectivity index (χ1) is 8.47. The third kappa shape index (κ3) is 3.56. The van der Waals surface area contributed by atoms with Gasteiger partial charge in [-0.05, 0) is 37.6 Å². The molecule has 1 aromatic heterocycles. The van der Waals surface area contributed by atoms with Crippen molar-refractivity contribution in [3.8, 4) is 0 Å². The molecule has 3 unspecified atom stereocenters. The predicted molar refractivity (Wildman–Crippen MR) is 76.9 cm³/mol. The van der Waals surface area contributed by atoms with Gasteiger partial charge in [0.15, 0.2) is 9.84 Å². The molecule has 3 atom stereocenters. The molecule has 1 N–H and O–H groups in total. The normalized spacial score (nSPS) is 26.3. The van der Waals surface area contributed by atoms with Crippen LogP contribution in [-0.4, -0.2) is 32.0 Å². The van der Waals surface area contributed by atoms with E-state index in [0.717, 1.165) is 25.7 Å². The van der Waals surface area contributed by atoms with Crippen LogP contribution in [0.1, 0.15) is 31.1 Å². The van der Waals surface area contributed by atoms with Crippen LogP contribution in [0.2, 0.25) is 0 Å². The SMILES string of the molecule is CC(Cc1cccs1)NC1CCCC1S(C)(=O)=O. The van der Waals surface area contributed by atoms with Crippen LogP contribution in [0.5, 0.6) is 0 Å². The van der Waals surface area contributed by atoms with Crippen LogP contribution in [0.3, 0.4) is 0 Å². The first kappa shape index (κ1) is 14.0. The first-order valence-electron chi connectivity index (χ1n) is 6.44. The molecule has 1 heterocycles. The van der Waals surface area contributed by atoms with Crippen LogP contribution in [0.4, 0.5) is 0 Å². The Bertz CT molecular complexity index is 467. The molecule has 0 saturated heterocycles. The van der Waals surface area contributed by atoms with Gasteiger partial charge in [-0.3, -0.25) is 0 Å². The van der Waals surface area contributed by atoms with Gasteiger partial charge in [0.1, 0.15) is 0 Å². The molecule has 102 valence electrons. The molecule has 5 heteroatoms. The van der Waals surface area contributed by atoms with E-state index in [9.17, 15) is 8.42 Å². The average Bonchev–Trinajstić information content (AvgIpc) is 2.87. The van der Waals surface area contributed by atoms with Gasteiger partial charge in [0.25, 0.3) is 0 Å². The molecular formula is C13H21NO2S2. The highest BCUT2D eigenvalue weighted by molar-refractivity contribution is 7.91. The minimum atomic E-state index is -2.92. The van der Waals surface area contributed by atoms with Gasteiger partial charge in [0.2, 0.25) is 0 Å². The highest BCUT2D eigenvalue weighted by Crippen LogP contribution is 2.25. The lowest BCUT2D eigenvalue weighted by atomic mass is 10.1. The van der Waals surface area contributed by atoms with E-state index in [-0.39, 0.29) is 11.3 Å². The molecular weight excluding hydrogens is 266 g/mol. The number of thiophene rings is 1. The molecule has 1 aliphatic carbocycles. The summed E-state index contributed by atoms with van der Waals surface area (Å²) in [5.41, 5.74) is 0. The van der Waals surface area contributed by atoms with Crippen LogP contribution in [0.25, 0.3) is 0 Å². The van der Waals surface area contributed by atoms with Crippen LogP contribution in [-0.2, 0) is 16.3 Å². The standard InChI is InChI=1S/C13H21NO2S2/c1-10(9-11-5-4-8-17-11)14-12-6-3-7-13(12)18(2,15)16/h4-5,8,10,12-14H,3,6-7,9H2,1-2H3. The molecule has 0 aromatic carbocycles. The Kier molecular flexibility index (Phi) is 4.45. The number of hydrogen-bond donors (Lipinski definition) is 1. The van der Waals surface area contributed by atoms with Crippen molar-refractivity contribution in [1.82, 2.24) is 5.32 Å². The van der Waals surface area contributed by atoms with Gasteiger partial charge in [-0.1, -0.05) is 12.5 Å². The summed E-state index contributed by atoms with van der Waals surface area (Å²) in [5.74, 6) is 0. The molecule has 1 aromatic rings. The van der Waals surface area contributed by atoms with Crippen molar-refractivity contribution in [2.24, 2.45) is 0 Å². The zero-order chi connectivity index (χ0) is 13.2. The fourth-order valence-electron chi connectivity index (χ4n) is 2.78. The van der Waals surface area contributed by atoms with Gasteiger partial charge >= 0.3 is 0 Å². The Morgan fingerprint density at radius 1 is 1.50 bits per heavy atom. The number of sulfone groups is 1. The third-order valence-corrected chi connectivity index (χ3v) is 6.15. The third-order valence-electron chi connectivity index (χ3n) is 3.59. The van der Waals surface area contributed by atoms with Crippen molar-refractivity contribution in [1.29, 1.82) is 0 Å². The van der Waals surface area contributed by atoms with Gasteiger partial charge < -0.3 is 5.32 Å². The van der Waals surface area contributed by atoms with Crippen molar-refractivity contribution >= 4 is 21.2 Å². The van der Waals surface area contributed by atoms with E-state index in [1.165, 1.54) is 11.1 Å². The lowest BCUT2D eigenvalue weighted by Gasteiger charge is -2.23. The van der Waals surface area contributed by atoms with Crippen LogP contribution < -0.4 is 5.32 Å². The second kappa shape index (κ2) is 5.72. The van der Waals surface area contributed by atoms with E-state index in [2.05, 4.69) is 29.8 Å². The Balaban J connectivity index is 1.92. The Labute approximate surface area is 114 Å². The van der Waals surface area contributed by atoms with E-state index in [1.807, 2.05) is 0 Å². The quantitative estimate of drug-likeness (QED) is 0.903. The van der Waals surface area contributed by atoms with Gasteiger partial charge in [-0.15, -0.1) is 11.3 Å². The minimum absolute atomic E-state index is 0.134. The average molecular weight is 287 g/mol. The Hall–Kier alpha value is -0.390. The summed E-state index contributed by atoms with van der Waals surface area (Å²) in [7, 11) is -2.92. The highest BCUT2D eigenvalue weighted by atomic mass is 32.2. The maximum absolute atomic E-state index is 11.7. The summed E-state index contributed by atoms with van der Waals surface area (Å²) in [5, 5.41) is 5.39. The summed E-state index contributed by atoms with van der Waals surface area (Å²) in [4.78, 5) is 1.35. The topological polar surface area (TPSA) is 46.2 Å². The van der Waals surface area contributed by atoms with E-state index < -0.39 is 9.84 Å². The molecule has 0 amide bonds. The van der Waals surface area contributed by atoms with E-state index in [0.29, 0.717) is 6.04 Å². The summed E-state index contributed by atoms with van der Waals surface area (Å²) in [6.07, 6.45) is 5.14. The van der Waals surface area contributed by atoms with Gasteiger partial charge in [0, 0.05) is 23.2 Å². The van der Waals surface area contributed by atoms with E-state index >= 15 is 0 Å². The number of rotatable bonds is 5. The molecule has 0 bridgehead atoms. The lowest BCUT2D eigenvalue weighted by molar-refractivity contribution is 0.445. The predicted octanol–water partition coefficient (Wildman–Crippen LogP) is 2.23. The second-order valence-corrected chi connectivity index (χ2v) is 8.55. The van der Waals surface area contributed by atoms with Gasteiger partial charge in [-0.2, -0.15) is 0 Å². The zero-order valence-corrected chi connectivity index (χ0v) is 12.6. The van der Waals surface area contributed by atoms with Gasteiger partial charge in [0.05, 0.1) is 5.25 Å². The van der Waals surface area contributed by atoms with Crippen LogP contribution >= 0.6 is 11.3 Å². The zero-order valence-electron chi connectivity index (χ0n) is 10.9. The molecule has 3 nitrogen and oxygen atoms in total. The van der Waals surface area contributed by atoms with E-state index in [4.69, 9.17) is 0 Å². The minimum Gasteiger partial charge on any atom is -0.310 e. The molecule has 0 spiro atoms. The number of hydrogen-bond acceptors (Lipinski definition) is 4.